The van der Waals surface area contributed by atoms with E-state index in [-0.39, 0.29) is 5.69 Å². The number of benzene rings is 1. The van der Waals surface area contributed by atoms with Crippen molar-refractivity contribution in [3.05, 3.63) is 41.2 Å². The molecule has 0 bridgehead atoms. The molecule has 0 saturated carbocycles. The topological polar surface area (TPSA) is 50.8 Å². The van der Waals surface area contributed by atoms with Gasteiger partial charge in [-0.2, -0.15) is 23.5 Å². The number of hydrogen-bond donors (Lipinski definition) is 0. The fourth-order valence-electron chi connectivity index (χ4n) is 1.85. The first-order valence-electron chi connectivity index (χ1n) is 5.60. The molecule has 0 atom stereocenters. The van der Waals surface area contributed by atoms with Crippen LogP contribution in [0.25, 0.3) is 5.69 Å². The highest BCUT2D eigenvalue weighted by Crippen LogP contribution is 2.32. The number of halogens is 3. The molecule has 0 amide bonds. The van der Waals surface area contributed by atoms with Gasteiger partial charge in [-0.25, -0.2) is 4.68 Å². The molecule has 1 aromatic heterocycles. The van der Waals surface area contributed by atoms with Crippen LogP contribution in [0, 0.1) is 18.3 Å². The average molecular weight is 281 g/mol. The van der Waals surface area contributed by atoms with Crippen molar-refractivity contribution >= 4 is 0 Å². The maximum absolute atomic E-state index is 12.7. The Kier molecular flexibility index (Phi) is 3.40. The normalized spacial score (nSPS) is 11.2. The monoisotopic (exact) mass is 281 g/mol. The van der Waals surface area contributed by atoms with Crippen LogP contribution in [-0.4, -0.2) is 16.9 Å². The molecule has 0 aliphatic rings. The fourth-order valence-corrected chi connectivity index (χ4v) is 1.85. The molecule has 0 spiro atoms. The molecule has 2 rings (SSSR count). The van der Waals surface area contributed by atoms with Crippen molar-refractivity contribution in [2.75, 3.05) is 7.11 Å². The molecule has 0 aliphatic carbocycles. The minimum absolute atomic E-state index is 0.207. The van der Waals surface area contributed by atoms with Gasteiger partial charge in [-0.1, -0.05) is 12.1 Å². The van der Waals surface area contributed by atoms with Gasteiger partial charge in [0.05, 0.1) is 7.11 Å². The summed E-state index contributed by atoms with van der Waals surface area (Å²) in [7, 11) is 1.41. The molecule has 0 fully saturated rings. The number of aromatic nitrogens is 2. The number of alkyl halides is 3. The molecule has 2 aromatic rings. The van der Waals surface area contributed by atoms with Gasteiger partial charge in [0, 0.05) is 6.07 Å². The van der Waals surface area contributed by atoms with E-state index in [4.69, 9.17) is 10.00 Å². The van der Waals surface area contributed by atoms with E-state index in [0.29, 0.717) is 17.5 Å². The Labute approximate surface area is 113 Å². The molecular formula is C13H10F3N3O. The molecule has 1 aromatic carbocycles. The van der Waals surface area contributed by atoms with Gasteiger partial charge >= 0.3 is 6.18 Å². The van der Waals surface area contributed by atoms with Crippen LogP contribution in [0.4, 0.5) is 13.2 Å². The third-order valence-corrected chi connectivity index (χ3v) is 2.74. The van der Waals surface area contributed by atoms with Crippen LogP contribution in [-0.2, 0) is 6.18 Å². The fraction of sp³-hybridized carbons (Fsp3) is 0.231. The van der Waals surface area contributed by atoms with Crippen LogP contribution in [0.3, 0.4) is 0 Å². The number of ether oxygens (including phenoxy) is 1. The van der Waals surface area contributed by atoms with Crippen LogP contribution in [0.5, 0.6) is 5.75 Å². The molecule has 20 heavy (non-hydrogen) atoms. The maximum atomic E-state index is 12.7. The second-order valence-electron chi connectivity index (χ2n) is 4.06. The summed E-state index contributed by atoms with van der Waals surface area (Å²) >= 11 is 0. The highest BCUT2D eigenvalue weighted by atomic mass is 19.4. The lowest BCUT2D eigenvalue weighted by atomic mass is 10.2. The number of para-hydroxylation sites is 1. The summed E-state index contributed by atoms with van der Waals surface area (Å²) in [5.41, 5.74) is -0.295. The molecular weight excluding hydrogens is 271 g/mol. The summed E-state index contributed by atoms with van der Waals surface area (Å²) in [6, 6.07) is 7.36. The van der Waals surface area contributed by atoms with E-state index < -0.39 is 11.9 Å². The second kappa shape index (κ2) is 4.89. The van der Waals surface area contributed by atoms with Crippen molar-refractivity contribution in [3.8, 4) is 17.5 Å². The van der Waals surface area contributed by atoms with Gasteiger partial charge in [-0.15, -0.1) is 0 Å². The molecule has 0 saturated heterocycles. The number of rotatable bonds is 2. The lowest BCUT2D eigenvalue weighted by Crippen LogP contribution is -2.08. The molecule has 4 nitrogen and oxygen atoms in total. The van der Waals surface area contributed by atoms with E-state index in [0.717, 1.165) is 10.2 Å². The van der Waals surface area contributed by atoms with E-state index in [1.165, 1.54) is 7.11 Å². The molecule has 1 heterocycles. The first-order chi connectivity index (χ1) is 9.38. The lowest BCUT2D eigenvalue weighted by molar-refractivity contribution is -0.141. The first kappa shape index (κ1) is 13.9. The van der Waals surface area contributed by atoms with E-state index in [1.54, 1.807) is 31.2 Å². The molecule has 0 N–H and O–H groups in total. The van der Waals surface area contributed by atoms with Gasteiger partial charge in [0.2, 0.25) is 0 Å². The maximum Gasteiger partial charge on any atom is 0.435 e. The van der Waals surface area contributed by atoms with Crippen molar-refractivity contribution in [1.29, 1.82) is 5.26 Å². The van der Waals surface area contributed by atoms with E-state index in [1.807, 2.05) is 0 Å². The SMILES string of the molecule is COc1c(C)cccc1-n1nc(C(F)(F)F)cc1C#N. The summed E-state index contributed by atoms with van der Waals surface area (Å²) < 4.78 is 44.1. The van der Waals surface area contributed by atoms with E-state index >= 15 is 0 Å². The van der Waals surface area contributed by atoms with Crippen LogP contribution in [0.2, 0.25) is 0 Å². The lowest BCUT2D eigenvalue weighted by Gasteiger charge is -2.11. The molecule has 0 unspecified atom stereocenters. The smallest absolute Gasteiger partial charge is 0.435 e. The number of aryl methyl sites for hydroxylation is 1. The van der Waals surface area contributed by atoms with Gasteiger partial charge in [0.25, 0.3) is 0 Å². The summed E-state index contributed by atoms with van der Waals surface area (Å²) in [6.07, 6.45) is -4.60. The van der Waals surface area contributed by atoms with E-state index in [2.05, 4.69) is 5.10 Å². The number of methoxy groups -OCH3 is 1. The summed E-state index contributed by atoms with van der Waals surface area (Å²) in [4.78, 5) is 0. The zero-order valence-electron chi connectivity index (χ0n) is 10.7. The van der Waals surface area contributed by atoms with Crippen molar-refractivity contribution in [3.63, 3.8) is 0 Å². The zero-order chi connectivity index (χ0) is 14.9. The summed E-state index contributed by atoms with van der Waals surface area (Å²) in [6.45, 7) is 1.75. The predicted octanol–water partition coefficient (Wildman–Crippen LogP) is 3.08. The first-order valence-corrected chi connectivity index (χ1v) is 5.60. The minimum Gasteiger partial charge on any atom is -0.494 e. The molecule has 104 valence electrons. The van der Waals surface area contributed by atoms with Gasteiger partial charge < -0.3 is 4.74 Å². The highest BCUT2D eigenvalue weighted by molar-refractivity contribution is 5.53. The predicted molar refractivity (Wildman–Crippen MR) is 64.6 cm³/mol. The Morgan fingerprint density at radius 2 is 2.05 bits per heavy atom. The third-order valence-electron chi connectivity index (χ3n) is 2.74. The standard InChI is InChI=1S/C13H10F3N3O/c1-8-4-3-5-10(12(8)20-2)19-9(7-17)6-11(18-19)13(14,15)16/h3-6H,1-2H3. The van der Waals surface area contributed by atoms with Crippen molar-refractivity contribution in [2.24, 2.45) is 0 Å². The molecule has 7 heteroatoms. The number of nitrogens with zero attached hydrogens (tertiary/aromatic N) is 3. The summed E-state index contributed by atoms with van der Waals surface area (Å²) in [5, 5.41) is 12.4. The van der Waals surface area contributed by atoms with Crippen molar-refractivity contribution in [2.45, 2.75) is 13.1 Å². The van der Waals surface area contributed by atoms with Gasteiger partial charge in [0.15, 0.2) is 5.69 Å². The van der Waals surface area contributed by atoms with E-state index in [9.17, 15) is 13.2 Å². The largest absolute Gasteiger partial charge is 0.494 e. The van der Waals surface area contributed by atoms with Crippen LogP contribution in [0.15, 0.2) is 24.3 Å². The quantitative estimate of drug-likeness (QED) is 0.850. The highest BCUT2D eigenvalue weighted by Gasteiger charge is 2.35. The molecule has 0 aliphatic heterocycles. The number of hydrogen-bond acceptors (Lipinski definition) is 3. The average Bonchev–Trinajstić information content (AvgIpc) is 2.82. The minimum atomic E-state index is -4.60. The van der Waals surface area contributed by atoms with Crippen LogP contribution in [0.1, 0.15) is 17.0 Å². The van der Waals surface area contributed by atoms with Crippen LogP contribution >= 0.6 is 0 Å². The Morgan fingerprint density at radius 3 is 2.60 bits per heavy atom. The summed E-state index contributed by atoms with van der Waals surface area (Å²) in [5.74, 6) is 0.376. The van der Waals surface area contributed by atoms with Gasteiger partial charge in [0.1, 0.15) is 23.2 Å². The second-order valence-corrected chi connectivity index (χ2v) is 4.06. The molecule has 0 radical (unpaired) electrons. The van der Waals surface area contributed by atoms with Gasteiger partial charge in [-0.3, -0.25) is 0 Å². The van der Waals surface area contributed by atoms with Crippen molar-refractivity contribution in [1.82, 2.24) is 9.78 Å². The third kappa shape index (κ3) is 2.32. The Morgan fingerprint density at radius 1 is 1.35 bits per heavy atom. The number of nitriles is 1. The zero-order valence-corrected chi connectivity index (χ0v) is 10.7. The Bertz CT molecular complexity index is 683. The van der Waals surface area contributed by atoms with Gasteiger partial charge in [-0.05, 0) is 18.6 Å². The van der Waals surface area contributed by atoms with Crippen LogP contribution < -0.4 is 4.74 Å². The Balaban J connectivity index is 2.68. The van der Waals surface area contributed by atoms with Crippen molar-refractivity contribution < 1.29 is 17.9 Å². The Hall–Kier alpha value is -2.49.